The molecule has 0 saturated carbocycles. The van der Waals surface area contributed by atoms with Gasteiger partial charge in [0.15, 0.2) is 0 Å². The molecular formula is C15H25FN4. The maximum Gasteiger partial charge on any atom is 0.141 e. The Bertz CT molecular complexity index is 382. The number of anilines is 1. The van der Waals surface area contributed by atoms with E-state index in [2.05, 4.69) is 14.8 Å². The molecule has 5 heteroatoms. The average molecular weight is 280 g/mol. The highest BCUT2D eigenvalue weighted by atomic mass is 19.1. The topological polar surface area (TPSA) is 45.4 Å². The van der Waals surface area contributed by atoms with E-state index in [0.717, 1.165) is 57.9 Å². The van der Waals surface area contributed by atoms with Gasteiger partial charge < -0.3 is 15.5 Å². The normalized spacial score (nSPS) is 17.2. The summed E-state index contributed by atoms with van der Waals surface area (Å²) in [5.41, 5.74) is 5.51. The number of pyridine rings is 1. The summed E-state index contributed by atoms with van der Waals surface area (Å²) < 4.78 is 12.9. The fourth-order valence-corrected chi connectivity index (χ4v) is 2.64. The first-order chi connectivity index (χ1) is 9.79. The molecule has 0 unspecified atom stereocenters. The third-order valence-corrected chi connectivity index (χ3v) is 3.80. The minimum absolute atomic E-state index is 0.273. The van der Waals surface area contributed by atoms with Crippen LogP contribution in [0.25, 0.3) is 0 Å². The number of hydrogen-bond acceptors (Lipinski definition) is 4. The van der Waals surface area contributed by atoms with E-state index in [0.29, 0.717) is 0 Å². The molecular weight excluding hydrogens is 255 g/mol. The van der Waals surface area contributed by atoms with Crippen LogP contribution >= 0.6 is 0 Å². The predicted octanol–water partition coefficient (Wildman–Crippen LogP) is 1.86. The first-order valence-corrected chi connectivity index (χ1v) is 7.58. The Labute approximate surface area is 120 Å². The molecule has 0 bridgehead atoms. The number of hydrogen-bond donors (Lipinski definition) is 1. The summed E-state index contributed by atoms with van der Waals surface area (Å²) in [5.74, 6) is 0.612. The summed E-state index contributed by atoms with van der Waals surface area (Å²) in [7, 11) is 0. The third kappa shape index (κ3) is 4.72. The number of halogens is 1. The standard InChI is InChI=1S/C15H25FN4/c16-14-5-6-15(18-13-14)20-10-4-9-19(11-12-20)8-3-1-2-7-17/h5-6,13H,1-4,7-12,17H2. The first kappa shape index (κ1) is 15.2. The van der Waals surface area contributed by atoms with Crippen molar-refractivity contribution in [3.63, 3.8) is 0 Å². The van der Waals surface area contributed by atoms with E-state index in [1.165, 1.54) is 25.1 Å². The Morgan fingerprint density at radius 3 is 2.75 bits per heavy atom. The third-order valence-electron chi connectivity index (χ3n) is 3.80. The van der Waals surface area contributed by atoms with Crippen LogP contribution in [0.3, 0.4) is 0 Å². The summed E-state index contributed by atoms with van der Waals surface area (Å²) in [6, 6.07) is 3.25. The summed E-state index contributed by atoms with van der Waals surface area (Å²) in [5, 5.41) is 0. The molecule has 1 aliphatic heterocycles. The van der Waals surface area contributed by atoms with Gasteiger partial charge in [0, 0.05) is 19.6 Å². The molecule has 0 aromatic carbocycles. The van der Waals surface area contributed by atoms with Gasteiger partial charge in [0.2, 0.25) is 0 Å². The smallest absolute Gasteiger partial charge is 0.141 e. The molecule has 0 aliphatic carbocycles. The van der Waals surface area contributed by atoms with Crippen LogP contribution in [0, 0.1) is 5.82 Å². The van der Waals surface area contributed by atoms with E-state index < -0.39 is 0 Å². The van der Waals surface area contributed by atoms with Crippen LogP contribution < -0.4 is 10.6 Å². The zero-order chi connectivity index (χ0) is 14.2. The molecule has 1 aromatic heterocycles. The molecule has 20 heavy (non-hydrogen) atoms. The summed E-state index contributed by atoms with van der Waals surface area (Å²) in [6.07, 6.45) is 6.00. The van der Waals surface area contributed by atoms with E-state index in [1.807, 2.05) is 0 Å². The molecule has 0 spiro atoms. The van der Waals surface area contributed by atoms with Crippen molar-refractivity contribution in [3.05, 3.63) is 24.1 Å². The minimum atomic E-state index is -0.273. The van der Waals surface area contributed by atoms with Gasteiger partial charge in [0.25, 0.3) is 0 Å². The molecule has 4 nitrogen and oxygen atoms in total. The van der Waals surface area contributed by atoms with E-state index >= 15 is 0 Å². The second kappa shape index (κ2) is 8.17. The molecule has 2 heterocycles. The molecule has 0 atom stereocenters. The SMILES string of the molecule is NCCCCCN1CCCN(c2ccc(F)cn2)CC1. The zero-order valence-corrected chi connectivity index (χ0v) is 12.1. The van der Waals surface area contributed by atoms with Crippen molar-refractivity contribution < 1.29 is 4.39 Å². The van der Waals surface area contributed by atoms with Gasteiger partial charge in [-0.15, -0.1) is 0 Å². The summed E-state index contributed by atoms with van der Waals surface area (Å²) in [4.78, 5) is 8.94. The second-order valence-electron chi connectivity index (χ2n) is 5.37. The Morgan fingerprint density at radius 2 is 2.00 bits per heavy atom. The Morgan fingerprint density at radius 1 is 1.10 bits per heavy atom. The van der Waals surface area contributed by atoms with E-state index in [9.17, 15) is 4.39 Å². The predicted molar refractivity (Wildman–Crippen MR) is 80.4 cm³/mol. The maximum absolute atomic E-state index is 12.9. The van der Waals surface area contributed by atoms with Gasteiger partial charge in [0.05, 0.1) is 6.20 Å². The van der Waals surface area contributed by atoms with Gasteiger partial charge in [-0.05, 0) is 51.0 Å². The summed E-state index contributed by atoms with van der Waals surface area (Å²) in [6.45, 7) is 6.12. The van der Waals surface area contributed by atoms with Crippen LogP contribution in [-0.4, -0.2) is 49.2 Å². The molecule has 2 rings (SSSR count). The Hall–Kier alpha value is -1.20. The average Bonchev–Trinajstić information content (AvgIpc) is 2.70. The molecule has 1 saturated heterocycles. The fourth-order valence-electron chi connectivity index (χ4n) is 2.64. The molecule has 1 fully saturated rings. The number of rotatable bonds is 6. The quantitative estimate of drug-likeness (QED) is 0.808. The van der Waals surface area contributed by atoms with Gasteiger partial charge >= 0.3 is 0 Å². The fraction of sp³-hybridized carbons (Fsp3) is 0.667. The van der Waals surface area contributed by atoms with Crippen molar-refractivity contribution in [1.82, 2.24) is 9.88 Å². The number of unbranched alkanes of at least 4 members (excludes halogenated alkanes) is 2. The van der Waals surface area contributed by atoms with Gasteiger partial charge in [-0.3, -0.25) is 0 Å². The molecule has 0 radical (unpaired) electrons. The second-order valence-corrected chi connectivity index (χ2v) is 5.37. The van der Waals surface area contributed by atoms with Crippen molar-refractivity contribution >= 4 is 5.82 Å². The lowest BCUT2D eigenvalue weighted by molar-refractivity contribution is 0.286. The molecule has 1 aliphatic rings. The lowest BCUT2D eigenvalue weighted by atomic mass is 10.2. The van der Waals surface area contributed by atoms with Crippen LogP contribution in [0.15, 0.2) is 18.3 Å². The number of nitrogens with zero attached hydrogens (tertiary/aromatic N) is 3. The zero-order valence-electron chi connectivity index (χ0n) is 12.1. The van der Waals surface area contributed by atoms with Crippen LogP contribution in [0.5, 0.6) is 0 Å². The lowest BCUT2D eigenvalue weighted by Crippen LogP contribution is -2.31. The highest BCUT2D eigenvalue weighted by molar-refractivity contribution is 5.38. The van der Waals surface area contributed by atoms with Crippen LogP contribution in [0.1, 0.15) is 25.7 Å². The van der Waals surface area contributed by atoms with Crippen molar-refractivity contribution in [2.75, 3.05) is 44.2 Å². The van der Waals surface area contributed by atoms with E-state index in [1.54, 1.807) is 6.07 Å². The van der Waals surface area contributed by atoms with Crippen LogP contribution in [-0.2, 0) is 0 Å². The van der Waals surface area contributed by atoms with Crippen molar-refractivity contribution in [1.29, 1.82) is 0 Å². The highest BCUT2D eigenvalue weighted by Crippen LogP contribution is 2.14. The van der Waals surface area contributed by atoms with Crippen molar-refractivity contribution in [2.24, 2.45) is 5.73 Å². The molecule has 2 N–H and O–H groups in total. The van der Waals surface area contributed by atoms with Gasteiger partial charge in [0.1, 0.15) is 11.6 Å². The van der Waals surface area contributed by atoms with Gasteiger partial charge in [-0.2, -0.15) is 0 Å². The minimum Gasteiger partial charge on any atom is -0.355 e. The number of nitrogens with two attached hydrogens (primary N) is 1. The largest absolute Gasteiger partial charge is 0.355 e. The van der Waals surface area contributed by atoms with Crippen molar-refractivity contribution in [2.45, 2.75) is 25.7 Å². The maximum atomic E-state index is 12.9. The summed E-state index contributed by atoms with van der Waals surface area (Å²) >= 11 is 0. The number of aromatic nitrogens is 1. The highest BCUT2D eigenvalue weighted by Gasteiger charge is 2.15. The monoisotopic (exact) mass is 280 g/mol. The van der Waals surface area contributed by atoms with E-state index in [-0.39, 0.29) is 5.82 Å². The van der Waals surface area contributed by atoms with Crippen molar-refractivity contribution in [3.8, 4) is 0 Å². The van der Waals surface area contributed by atoms with Gasteiger partial charge in [-0.25, -0.2) is 9.37 Å². The Balaban J connectivity index is 1.78. The molecule has 0 amide bonds. The first-order valence-electron chi connectivity index (χ1n) is 7.58. The van der Waals surface area contributed by atoms with E-state index in [4.69, 9.17) is 5.73 Å². The molecule has 1 aromatic rings. The van der Waals surface area contributed by atoms with Crippen LogP contribution in [0.2, 0.25) is 0 Å². The lowest BCUT2D eigenvalue weighted by Gasteiger charge is -2.22. The Kier molecular flexibility index (Phi) is 6.21. The van der Waals surface area contributed by atoms with Crippen LogP contribution in [0.4, 0.5) is 10.2 Å². The molecule has 112 valence electrons. The van der Waals surface area contributed by atoms with Gasteiger partial charge in [-0.1, -0.05) is 6.42 Å².